The van der Waals surface area contributed by atoms with E-state index in [1.807, 2.05) is 6.07 Å². The van der Waals surface area contributed by atoms with Gasteiger partial charge in [-0.05, 0) is 49.9 Å². The molecule has 0 saturated carbocycles. The van der Waals surface area contributed by atoms with Gasteiger partial charge in [-0.25, -0.2) is 0 Å². The number of benzene rings is 2. The molecule has 1 aromatic heterocycles. The molecule has 0 unspecified atom stereocenters. The molecule has 4 heteroatoms. The summed E-state index contributed by atoms with van der Waals surface area (Å²) in [7, 11) is 0. The van der Waals surface area contributed by atoms with Gasteiger partial charge >= 0.3 is 6.01 Å². The van der Waals surface area contributed by atoms with E-state index in [-0.39, 0.29) is 0 Å². The Morgan fingerprint density at radius 1 is 0.960 bits per heavy atom. The summed E-state index contributed by atoms with van der Waals surface area (Å²) in [6.07, 6.45) is 4.82. The van der Waals surface area contributed by atoms with Crippen LogP contribution in [0.3, 0.4) is 0 Å². The smallest absolute Gasteiger partial charge is 0.302 e. The van der Waals surface area contributed by atoms with Crippen molar-refractivity contribution in [3.8, 4) is 11.7 Å². The van der Waals surface area contributed by atoms with Crippen molar-refractivity contribution in [2.24, 2.45) is 0 Å². The average molecular weight is 335 g/mol. The first kappa shape index (κ1) is 16.0. The van der Waals surface area contributed by atoms with Gasteiger partial charge in [0, 0.05) is 13.1 Å². The first-order chi connectivity index (χ1) is 12.4. The topological polar surface area (TPSA) is 30.3 Å². The largest absolute Gasteiger partial charge is 0.464 e. The third kappa shape index (κ3) is 3.09. The summed E-state index contributed by atoms with van der Waals surface area (Å²) in [5, 5.41) is 0. The highest BCUT2D eigenvalue weighted by Gasteiger charge is 2.20. The summed E-state index contributed by atoms with van der Waals surface area (Å²) >= 11 is 0. The first-order valence-electron chi connectivity index (χ1n) is 9.33. The molecule has 4 rings (SSSR count). The number of nitrogens with zero attached hydrogens (tertiary/aromatic N) is 3. The number of hydrogen-bond acceptors (Lipinski definition) is 3. The number of aromatic nitrogens is 2. The lowest BCUT2D eigenvalue weighted by Crippen LogP contribution is -2.29. The molecule has 25 heavy (non-hydrogen) atoms. The van der Waals surface area contributed by atoms with Crippen LogP contribution in [0.1, 0.15) is 32.6 Å². The van der Waals surface area contributed by atoms with Gasteiger partial charge in [-0.2, -0.15) is 4.98 Å². The Kier molecular flexibility index (Phi) is 4.59. The number of anilines is 1. The van der Waals surface area contributed by atoms with Crippen LogP contribution in [-0.2, 0) is 0 Å². The van der Waals surface area contributed by atoms with E-state index >= 15 is 0 Å². The summed E-state index contributed by atoms with van der Waals surface area (Å²) in [6.45, 7) is 5.02. The van der Waals surface area contributed by atoms with Gasteiger partial charge in [0.05, 0.1) is 23.5 Å². The standard InChI is InChI=1S/C21H25N3O/c1-2-16-25-21-22-20-18(23-14-7-4-8-15-23)12-9-13-19(20)24(21)17-10-5-3-6-11-17/h3,5-6,9-13H,2,4,7-8,14-16H2,1H3. The molecule has 1 fully saturated rings. The molecule has 0 atom stereocenters. The van der Waals surface area contributed by atoms with Crippen molar-refractivity contribution in [2.45, 2.75) is 32.6 Å². The lowest BCUT2D eigenvalue weighted by atomic mass is 10.1. The maximum absolute atomic E-state index is 6.00. The minimum absolute atomic E-state index is 0.676. The van der Waals surface area contributed by atoms with E-state index in [0.717, 1.165) is 36.2 Å². The van der Waals surface area contributed by atoms with Crippen LogP contribution in [0.2, 0.25) is 0 Å². The summed E-state index contributed by atoms with van der Waals surface area (Å²) < 4.78 is 8.14. The molecule has 0 aliphatic carbocycles. The van der Waals surface area contributed by atoms with Gasteiger partial charge in [-0.15, -0.1) is 0 Å². The fourth-order valence-corrected chi connectivity index (χ4v) is 3.57. The molecule has 1 saturated heterocycles. The Morgan fingerprint density at radius 3 is 2.52 bits per heavy atom. The molecule has 2 heterocycles. The van der Waals surface area contributed by atoms with Gasteiger partial charge < -0.3 is 9.64 Å². The van der Waals surface area contributed by atoms with E-state index in [2.05, 4.69) is 58.9 Å². The van der Waals surface area contributed by atoms with Gasteiger partial charge in [0.1, 0.15) is 5.52 Å². The second kappa shape index (κ2) is 7.18. The molecule has 4 nitrogen and oxygen atoms in total. The molecule has 3 aromatic rings. The maximum atomic E-state index is 6.00. The van der Waals surface area contributed by atoms with E-state index in [4.69, 9.17) is 9.72 Å². The minimum atomic E-state index is 0.676. The molecule has 1 aliphatic rings. The molecule has 0 spiro atoms. The van der Waals surface area contributed by atoms with Gasteiger partial charge in [-0.1, -0.05) is 31.2 Å². The Labute approximate surface area is 149 Å². The first-order valence-corrected chi connectivity index (χ1v) is 9.33. The van der Waals surface area contributed by atoms with Crippen LogP contribution in [0.25, 0.3) is 16.7 Å². The quantitative estimate of drug-likeness (QED) is 0.670. The summed E-state index contributed by atoms with van der Waals surface area (Å²) in [4.78, 5) is 7.37. The molecular formula is C21H25N3O. The van der Waals surface area contributed by atoms with Crippen molar-refractivity contribution in [1.82, 2.24) is 9.55 Å². The zero-order valence-corrected chi connectivity index (χ0v) is 14.8. The minimum Gasteiger partial charge on any atom is -0.464 e. The molecule has 0 amide bonds. The normalized spacial score (nSPS) is 14.8. The SMILES string of the molecule is CCCOc1nc2c(N3CCCCC3)cccc2n1-c1ccccc1. The van der Waals surface area contributed by atoms with Crippen LogP contribution >= 0.6 is 0 Å². The summed E-state index contributed by atoms with van der Waals surface area (Å²) in [5.41, 5.74) is 4.47. The summed E-state index contributed by atoms with van der Waals surface area (Å²) in [6, 6.07) is 17.5. The van der Waals surface area contributed by atoms with Crippen LogP contribution < -0.4 is 9.64 Å². The number of rotatable bonds is 5. The molecule has 1 aliphatic heterocycles. The predicted molar refractivity (Wildman–Crippen MR) is 103 cm³/mol. The van der Waals surface area contributed by atoms with Crippen molar-refractivity contribution in [1.29, 1.82) is 0 Å². The van der Waals surface area contributed by atoms with Crippen molar-refractivity contribution in [2.75, 3.05) is 24.6 Å². The van der Waals surface area contributed by atoms with E-state index in [9.17, 15) is 0 Å². The average Bonchev–Trinajstić information content (AvgIpc) is 3.06. The Bertz CT molecular complexity index is 835. The van der Waals surface area contributed by atoms with Crippen molar-refractivity contribution in [3.05, 3.63) is 48.5 Å². The van der Waals surface area contributed by atoms with Crippen LogP contribution in [0.15, 0.2) is 48.5 Å². The van der Waals surface area contributed by atoms with Gasteiger partial charge in [0.25, 0.3) is 0 Å². The third-order valence-corrected chi connectivity index (χ3v) is 4.78. The molecule has 130 valence electrons. The molecule has 0 N–H and O–H groups in total. The fraction of sp³-hybridized carbons (Fsp3) is 0.381. The number of fused-ring (bicyclic) bond motifs is 1. The van der Waals surface area contributed by atoms with E-state index in [1.165, 1.54) is 24.9 Å². The number of piperidine rings is 1. The van der Waals surface area contributed by atoms with Crippen LogP contribution in [0, 0.1) is 0 Å². The Morgan fingerprint density at radius 2 is 1.76 bits per heavy atom. The molecule has 0 radical (unpaired) electrons. The van der Waals surface area contributed by atoms with Crippen LogP contribution in [-0.4, -0.2) is 29.2 Å². The zero-order chi connectivity index (χ0) is 17.1. The monoisotopic (exact) mass is 335 g/mol. The highest BCUT2D eigenvalue weighted by molar-refractivity contribution is 5.91. The second-order valence-corrected chi connectivity index (χ2v) is 6.61. The highest BCUT2D eigenvalue weighted by Crippen LogP contribution is 2.33. The van der Waals surface area contributed by atoms with E-state index in [0.29, 0.717) is 12.6 Å². The third-order valence-electron chi connectivity index (χ3n) is 4.78. The van der Waals surface area contributed by atoms with Gasteiger partial charge in [0.2, 0.25) is 0 Å². The van der Waals surface area contributed by atoms with E-state index in [1.54, 1.807) is 0 Å². The lowest BCUT2D eigenvalue weighted by Gasteiger charge is -2.28. The Balaban J connectivity index is 1.86. The van der Waals surface area contributed by atoms with E-state index < -0.39 is 0 Å². The van der Waals surface area contributed by atoms with Gasteiger partial charge in [-0.3, -0.25) is 4.57 Å². The number of ether oxygens (including phenoxy) is 1. The number of hydrogen-bond donors (Lipinski definition) is 0. The van der Waals surface area contributed by atoms with Gasteiger partial charge in [0.15, 0.2) is 0 Å². The number of para-hydroxylation sites is 2. The predicted octanol–water partition coefficient (Wildman–Crippen LogP) is 4.80. The summed E-state index contributed by atoms with van der Waals surface area (Å²) in [5.74, 6) is 0. The lowest BCUT2D eigenvalue weighted by molar-refractivity contribution is 0.289. The van der Waals surface area contributed by atoms with Crippen LogP contribution in [0.5, 0.6) is 6.01 Å². The Hall–Kier alpha value is -2.49. The molecular weight excluding hydrogens is 310 g/mol. The van der Waals surface area contributed by atoms with Crippen LogP contribution in [0.4, 0.5) is 5.69 Å². The maximum Gasteiger partial charge on any atom is 0.302 e. The molecule has 2 aromatic carbocycles. The molecule has 0 bridgehead atoms. The highest BCUT2D eigenvalue weighted by atomic mass is 16.5. The second-order valence-electron chi connectivity index (χ2n) is 6.61. The van der Waals surface area contributed by atoms with Crippen molar-refractivity contribution >= 4 is 16.7 Å². The van der Waals surface area contributed by atoms with Crippen molar-refractivity contribution in [3.63, 3.8) is 0 Å². The zero-order valence-electron chi connectivity index (χ0n) is 14.8. The number of imidazole rings is 1. The van der Waals surface area contributed by atoms with Crippen molar-refractivity contribution < 1.29 is 4.74 Å². The fourth-order valence-electron chi connectivity index (χ4n) is 3.57.